The van der Waals surface area contributed by atoms with Gasteiger partial charge in [-0.2, -0.15) is 5.10 Å². The van der Waals surface area contributed by atoms with Crippen molar-refractivity contribution in [2.24, 2.45) is 5.92 Å². The first-order valence-corrected chi connectivity index (χ1v) is 11.0. The number of para-hydroxylation sites is 1. The number of ether oxygens (including phenoxy) is 2. The van der Waals surface area contributed by atoms with Crippen molar-refractivity contribution in [3.8, 4) is 17.1 Å². The van der Waals surface area contributed by atoms with E-state index >= 15 is 0 Å². The highest BCUT2D eigenvalue weighted by molar-refractivity contribution is 6.00. The zero-order chi connectivity index (χ0) is 27.1. The van der Waals surface area contributed by atoms with Crippen LogP contribution in [0.15, 0.2) is 30.6 Å². The lowest BCUT2D eigenvalue weighted by Crippen LogP contribution is -2.49. The second kappa shape index (κ2) is 8.95. The molecule has 2 aromatic heterocycles. The van der Waals surface area contributed by atoms with Gasteiger partial charge in [-0.05, 0) is 31.9 Å². The Morgan fingerprint density at radius 3 is 2.77 bits per heavy atom. The van der Waals surface area contributed by atoms with Crippen molar-refractivity contribution in [2.45, 2.75) is 25.3 Å². The van der Waals surface area contributed by atoms with Crippen molar-refractivity contribution in [1.29, 1.82) is 0 Å². The van der Waals surface area contributed by atoms with Crippen molar-refractivity contribution in [3.63, 3.8) is 0 Å². The first kappa shape index (κ1) is 19.3. The van der Waals surface area contributed by atoms with Crippen molar-refractivity contribution in [1.82, 2.24) is 30.3 Å². The number of hydrogen-bond acceptors (Lipinski definition) is 9. The molecule has 2 amide bonds. The predicted octanol–water partition coefficient (Wildman–Crippen LogP) is 1.94. The SMILES string of the molecule is [2H]C([2H])([2H])NC(=O)c1nnc(NC(=O)C2CC2)cc1Nc1cccc(-c2ncn(C3(C)COC3)n2)c1OC. The maximum atomic E-state index is 12.7. The number of methoxy groups -OCH3 is 1. The van der Waals surface area contributed by atoms with E-state index in [1.165, 1.54) is 13.2 Å². The van der Waals surface area contributed by atoms with Gasteiger partial charge in [-0.15, -0.1) is 10.2 Å². The highest BCUT2D eigenvalue weighted by Crippen LogP contribution is 2.38. The second-order valence-corrected chi connectivity index (χ2v) is 8.72. The predicted molar refractivity (Wildman–Crippen MR) is 127 cm³/mol. The molecule has 0 radical (unpaired) electrons. The molecule has 0 atom stereocenters. The largest absolute Gasteiger partial charge is 0.494 e. The molecule has 182 valence electrons. The molecule has 3 N–H and O–H groups in total. The number of amides is 2. The molecule has 35 heavy (non-hydrogen) atoms. The summed E-state index contributed by atoms with van der Waals surface area (Å²) in [5.74, 6) is -0.332. The molecule has 1 aromatic carbocycles. The minimum atomic E-state index is -2.74. The highest BCUT2D eigenvalue weighted by Gasteiger charge is 2.37. The number of anilines is 3. The molecule has 1 aliphatic heterocycles. The van der Waals surface area contributed by atoms with Crippen LogP contribution in [0, 0.1) is 5.92 Å². The van der Waals surface area contributed by atoms with Crippen LogP contribution < -0.4 is 20.7 Å². The van der Waals surface area contributed by atoms with E-state index in [4.69, 9.17) is 13.6 Å². The van der Waals surface area contributed by atoms with Crippen LogP contribution in [0.25, 0.3) is 11.4 Å². The van der Waals surface area contributed by atoms with Crippen LogP contribution in [-0.4, -0.2) is 64.1 Å². The Morgan fingerprint density at radius 2 is 2.09 bits per heavy atom. The van der Waals surface area contributed by atoms with Gasteiger partial charge in [-0.3, -0.25) is 9.59 Å². The third kappa shape index (κ3) is 4.39. The quantitative estimate of drug-likeness (QED) is 0.439. The average molecular weight is 482 g/mol. The van der Waals surface area contributed by atoms with Crippen LogP contribution >= 0.6 is 0 Å². The minimum Gasteiger partial charge on any atom is -0.494 e. The third-order valence-corrected chi connectivity index (χ3v) is 5.92. The lowest BCUT2D eigenvalue weighted by atomic mass is 10.0. The molecule has 12 heteroatoms. The number of nitrogens with zero attached hydrogens (tertiary/aromatic N) is 5. The summed E-state index contributed by atoms with van der Waals surface area (Å²) >= 11 is 0. The Hall–Kier alpha value is -4.06. The van der Waals surface area contributed by atoms with Gasteiger partial charge in [0.05, 0.1) is 37.3 Å². The summed E-state index contributed by atoms with van der Waals surface area (Å²) in [7, 11) is 1.48. The van der Waals surface area contributed by atoms with Crippen LogP contribution in [-0.2, 0) is 15.1 Å². The van der Waals surface area contributed by atoms with Crippen molar-refractivity contribution < 1.29 is 23.2 Å². The molecule has 2 fully saturated rings. The summed E-state index contributed by atoms with van der Waals surface area (Å²) < 4.78 is 34.9. The summed E-state index contributed by atoms with van der Waals surface area (Å²) in [6.07, 6.45) is 3.23. The Morgan fingerprint density at radius 1 is 1.26 bits per heavy atom. The Bertz CT molecular complexity index is 1390. The van der Waals surface area contributed by atoms with E-state index in [0.29, 0.717) is 36.0 Å². The fourth-order valence-electron chi connectivity index (χ4n) is 3.70. The van der Waals surface area contributed by atoms with Gasteiger partial charge in [-0.1, -0.05) is 6.07 Å². The molecule has 0 unspecified atom stereocenters. The summed E-state index contributed by atoms with van der Waals surface area (Å²) in [5, 5.41) is 20.1. The van der Waals surface area contributed by atoms with Gasteiger partial charge in [-0.25, -0.2) is 9.67 Å². The zero-order valence-electron chi connectivity index (χ0n) is 22.2. The Kier molecular flexibility index (Phi) is 4.93. The lowest BCUT2D eigenvalue weighted by molar-refractivity contribution is -0.117. The fourth-order valence-corrected chi connectivity index (χ4v) is 3.70. The molecular weight excluding hydrogens is 452 g/mol. The smallest absolute Gasteiger partial charge is 0.273 e. The van der Waals surface area contributed by atoms with Crippen LogP contribution in [0.4, 0.5) is 17.2 Å². The zero-order valence-corrected chi connectivity index (χ0v) is 19.2. The summed E-state index contributed by atoms with van der Waals surface area (Å²) in [5.41, 5.74) is 0.565. The fraction of sp³-hybridized carbons (Fsp3) is 0.391. The van der Waals surface area contributed by atoms with Crippen molar-refractivity contribution in [2.75, 3.05) is 37.9 Å². The highest BCUT2D eigenvalue weighted by atomic mass is 16.5. The molecule has 3 aromatic rings. The van der Waals surface area contributed by atoms with Crippen LogP contribution in [0.5, 0.6) is 5.75 Å². The van der Waals surface area contributed by atoms with E-state index < -0.39 is 12.9 Å². The van der Waals surface area contributed by atoms with Gasteiger partial charge in [0.25, 0.3) is 5.91 Å². The topological polar surface area (TPSA) is 145 Å². The number of rotatable bonds is 8. The van der Waals surface area contributed by atoms with Crippen LogP contribution in [0.2, 0.25) is 0 Å². The molecule has 1 aliphatic carbocycles. The Labute approximate surface area is 205 Å². The molecule has 3 heterocycles. The van der Waals surface area contributed by atoms with Gasteiger partial charge in [0.15, 0.2) is 23.1 Å². The molecule has 5 rings (SSSR count). The number of nitrogens with one attached hydrogen (secondary N) is 3. The standard InChI is InChI=1S/C23H26N8O4/c1-23(10-35-11-23)31-12-25-20(30-31)14-5-4-6-15(19(14)34-3)26-16-9-17(27-21(32)13-7-8-13)28-29-18(16)22(33)24-2/h4-6,9,12-13H,7-8,10-11H2,1-3H3,(H,24,33)(H2,26,27,28,32)/i2D3. The van der Waals surface area contributed by atoms with Crippen LogP contribution in [0.3, 0.4) is 0 Å². The van der Waals surface area contributed by atoms with E-state index in [-0.39, 0.29) is 34.6 Å². The molecule has 0 bridgehead atoms. The molecule has 1 saturated carbocycles. The first-order chi connectivity index (χ1) is 18.1. The van der Waals surface area contributed by atoms with Crippen molar-refractivity contribution in [3.05, 3.63) is 36.3 Å². The summed E-state index contributed by atoms with van der Waals surface area (Å²) in [6, 6.07) is 6.66. The van der Waals surface area contributed by atoms with Gasteiger partial charge < -0.3 is 25.4 Å². The molecule has 0 spiro atoms. The lowest BCUT2D eigenvalue weighted by Gasteiger charge is -2.37. The van der Waals surface area contributed by atoms with Crippen LogP contribution in [0.1, 0.15) is 34.4 Å². The van der Waals surface area contributed by atoms with E-state index in [9.17, 15) is 9.59 Å². The van der Waals surface area contributed by atoms with Crippen molar-refractivity contribution >= 4 is 29.0 Å². The molecule has 1 saturated heterocycles. The maximum Gasteiger partial charge on any atom is 0.273 e. The maximum absolute atomic E-state index is 12.7. The summed E-state index contributed by atoms with van der Waals surface area (Å²) in [6.45, 7) is 0.347. The summed E-state index contributed by atoms with van der Waals surface area (Å²) in [4.78, 5) is 29.4. The second-order valence-electron chi connectivity index (χ2n) is 8.72. The molecular formula is C23H26N8O4. The normalized spacial score (nSPS) is 17.8. The third-order valence-electron chi connectivity index (χ3n) is 5.92. The molecule has 2 aliphatic rings. The number of aromatic nitrogens is 5. The van der Waals surface area contributed by atoms with E-state index in [1.807, 2.05) is 12.2 Å². The number of benzene rings is 1. The van der Waals surface area contributed by atoms with Gasteiger partial charge in [0, 0.05) is 23.1 Å². The molecule has 12 nitrogen and oxygen atoms in total. The minimum absolute atomic E-state index is 0.0791. The van der Waals surface area contributed by atoms with E-state index in [2.05, 4.69) is 30.9 Å². The monoisotopic (exact) mass is 481 g/mol. The number of carbonyl (C=O) groups is 2. The van der Waals surface area contributed by atoms with Gasteiger partial charge >= 0.3 is 0 Å². The van der Waals surface area contributed by atoms with Gasteiger partial charge in [0.1, 0.15) is 11.9 Å². The number of carbonyl (C=O) groups excluding carboxylic acids is 2. The first-order valence-electron chi connectivity index (χ1n) is 12.5. The number of hydrogen-bond donors (Lipinski definition) is 3. The van der Waals surface area contributed by atoms with Gasteiger partial charge in [0.2, 0.25) is 5.91 Å². The average Bonchev–Trinajstić information content (AvgIpc) is 3.58. The van der Waals surface area contributed by atoms with E-state index in [1.54, 1.807) is 29.2 Å². The Balaban J connectivity index is 1.49. The van der Waals surface area contributed by atoms with E-state index in [0.717, 1.165) is 12.8 Å².